The maximum atomic E-state index is 11.9. The van der Waals surface area contributed by atoms with Crippen LogP contribution in [-0.2, 0) is 9.53 Å². The predicted molar refractivity (Wildman–Crippen MR) is 77.4 cm³/mol. The second-order valence-corrected chi connectivity index (χ2v) is 6.05. The highest BCUT2D eigenvalue weighted by Crippen LogP contribution is 2.20. The fourth-order valence-electron chi connectivity index (χ4n) is 1.54. The molecule has 2 unspecified atom stereocenters. The molecule has 19 heavy (non-hydrogen) atoms. The standard InChI is InChI=1S/C14H23NO3S/c1-10(2)8-18-9-12(16)7-15-14(17)11(3)13-5-4-6-19-13/h4-6,10-12,16H,7-9H2,1-3H3,(H,15,17). The van der Waals surface area contributed by atoms with E-state index in [4.69, 9.17) is 4.74 Å². The lowest BCUT2D eigenvalue weighted by molar-refractivity contribution is -0.122. The lowest BCUT2D eigenvalue weighted by Crippen LogP contribution is -2.36. The molecule has 1 rings (SSSR count). The number of aliphatic hydroxyl groups excluding tert-OH is 1. The lowest BCUT2D eigenvalue weighted by atomic mass is 10.1. The van der Waals surface area contributed by atoms with Crippen LogP contribution in [0.25, 0.3) is 0 Å². The maximum absolute atomic E-state index is 11.9. The Morgan fingerprint density at radius 1 is 1.42 bits per heavy atom. The molecule has 2 atom stereocenters. The Hall–Kier alpha value is -0.910. The second-order valence-electron chi connectivity index (χ2n) is 5.07. The largest absolute Gasteiger partial charge is 0.389 e. The van der Waals surface area contributed by atoms with Crippen molar-refractivity contribution in [3.8, 4) is 0 Å². The molecule has 0 fully saturated rings. The molecule has 1 amide bonds. The van der Waals surface area contributed by atoms with Gasteiger partial charge in [0, 0.05) is 18.0 Å². The summed E-state index contributed by atoms with van der Waals surface area (Å²) >= 11 is 1.56. The van der Waals surface area contributed by atoms with Crippen molar-refractivity contribution in [2.24, 2.45) is 5.92 Å². The number of nitrogens with one attached hydrogen (secondary N) is 1. The third kappa shape index (κ3) is 6.18. The van der Waals surface area contributed by atoms with Gasteiger partial charge in [0.1, 0.15) is 0 Å². The van der Waals surface area contributed by atoms with Gasteiger partial charge in [-0.1, -0.05) is 19.9 Å². The molecule has 0 aliphatic carbocycles. The van der Waals surface area contributed by atoms with E-state index < -0.39 is 6.10 Å². The summed E-state index contributed by atoms with van der Waals surface area (Å²) in [5.41, 5.74) is 0. The molecule has 0 bridgehead atoms. The zero-order valence-electron chi connectivity index (χ0n) is 11.8. The van der Waals surface area contributed by atoms with Crippen LogP contribution in [0.5, 0.6) is 0 Å². The first-order valence-electron chi connectivity index (χ1n) is 6.57. The van der Waals surface area contributed by atoms with E-state index in [1.807, 2.05) is 24.4 Å². The Bertz CT molecular complexity index is 365. The number of carbonyl (C=O) groups excluding carboxylic acids is 1. The molecule has 0 saturated heterocycles. The fraction of sp³-hybridized carbons (Fsp3) is 0.643. The molecule has 0 aromatic carbocycles. The van der Waals surface area contributed by atoms with E-state index in [9.17, 15) is 9.90 Å². The molecule has 1 aromatic rings. The summed E-state index contributed by atoms with van der Waals surface area (Å²) in [4.78, 5) is 12.9. The maximum Gasteiger partial charge on any atom is 0.228 e. The lowest BCUT2D eigenvalue weighted by Gasteiger charge is -2.15. The first-order valence-corrected chi connectivity index (χ1v) is 7.45. The zero-order valence-corrected chi connectivity index (χ0v) is 12.6. The monoisotopic (exact) mass is 285 g/mol. The molecule has 2 N–H and O–H groups in total. The van der Waals surface area contributed by atoms with Crippen molar-refractivity contribution in [1.29, 1.82) is 0 Å². The van der Waals surface area contributed by atoms with Crippen molar-refractivity contribution >= 4 is 17.2 Å². The van der Waals surface area contributed by atoms with Crippen molar-refractivity contribution in [2.45, 2.75) is 32.8 Å². The normalized spacial score (nSPS) is 14.4. The number of amides is 1. The molecular formula is C14H23NO3S. The predicted octanol–water partition coefficient (Wildman–Crippen LogP) is 2.00. The van der Waals surface area contributed by atoms with Crippen molar-refractivity contribution in [2.75, 3.05) is 19.8 Å². The molecular weight excluding hydrogens is 262 g/mol. The summed E-state index contributed by atoms with van der Waals surface area (Å²) in [5.74, 6) is 0.204. The summed E-state index contributed by atoms with van der Waals surface area (Å²) in [5, 5.41) is 14.4. The zero-order chi connectivity index (χ0) is 14.3. The van der Waals surface area contributed by atoms with Crippen LogP contribution in [-0.4, -0.2) is 36.9 Å². The van der Waals surface area contributed by atoms with Crippen molar-refractivity contribution in [3.63, 3.8) is 0 Å². The van der Waals surface area contributed by atoms with Gasteiger partial charge in [0.05, 0.1) is 18.6 Å². The Balaban J connectivity index is 2.22. The minimum Gasteiger partial charge on any atom is -0.389 e. The minimum atomic E-state index is -0.654. The Labute approximate surface area is 118 Å². The summed E-state index contributed by atoms with van der Waals surface area (Å²) in [6.45, 7) is 7.08. The number of hydrogen-bond donors (Lipinski definition) is 2. The molecule has 4 nitrogen and oxygen atoms in total. The van der Waals surface area contributed by atoms with Crippen LogP contribution >= 0.6 is 11.3 Å². The van der Waals surface area contributed by atoms with E-state index in [0.717, 1.165) is 4.88 Å². The van der Waals surface area contributed by atoms with Crippen LogP contribution in [0, 0.1) is 5.92 Å². The molecule has 0 aliphatic heterocycles. The van der Waals surface area contributed by atoms with Gasteiger partial charge in [-0.15, -0.1) is 11.3 Å². The third-order valence-corrected chi connectivity index (χ3v) is 3.69. The molecule has 108 valence electrons. The van der Waals surface area contributed by atoms with Gasteiger partial charge in [0.2, 0.25) is 5.91 Å². The van der Waals surface area contributed by atoms with Crippen molar-refractivity contribution in [1.82, 2.24) is 5.32 Å². The van der Waals surface area contributed by atoms with E-state index in [0.29, 0.717) is 12.5 Å². The van der Waals surface area contributed by atoms with Gasteiger partial charge in [0.25, 0.3) is 0 Å². The van der Waals surface area contributed by atoms with Gasteiger partial charge in [-0.3, -0.25) is 4.79 Å². The quantitative estimate of drug-likeness (QED) is 0.768. The molecule has 5 heteroatoms. The first kappa shape index (κ1) is 16.1. The Kier molecular flexibility index (Phi) is 7.05. The van der Waals surface area contributed by atoms with Gasteiger partial charge in [0.15, 0.2) is 0 Å². The number of rotatable bonds is 8. The average molecular weight is 285 g/mol. The van der Waals surface area contributed by atoms with Gasteiger partial charge < -0.3 is 15.2 Å². The van der Waals surface area contributed by atoms with Gasteiger partial charge >= 0.3 is 0 Å². The Morgan fingerprint density at radius 3 is 2.74 bits per heavy atom. The van der Waals surface area contributed by atoms with Crippen LogP contribution in [0.1, 0.15) is 31.6 Å². The summed E-state index contributed by atoms with van der Waals surface area (Å²) in [7, 11) is 0. The van der Waals surface area contributed by atoms with Crippen molar-refractivity contribution in [3.05, 3.63) is 22.4 Å². The van der Waals surface area contributed by atoms with E-state index in [2.05, 4.69) is 19.2 Å². The van der Waals surface area contributed by atoms with Crippen LogP contribution < -0.4 is 5.32 Å². The Morgan fingerprint density at radius 2 is 2.16 bits per heavy atom. The van der Waals surface area contributed by atoms with Crippen molar-refractivity contribution < 1.29 is 14.6 Å². The number of aliphatic hydroxyl groups is 1. The minimum absolute atomic E-state index is 0.0645. The number of ether oxygens (including phenoxy) is 1. The van der Waals surface area contributed by atoms with Gasteiger partial charge in [-0.2, -0.15) is 0 Å². The van der Waals surface area contributed by atoms with E-state index >= 15 is 0 Å². The number of hydrogen-bond acceptors (Lipinski definition) is 4. The van der Waals surface area contributed by atoms with E-state index in [1.165, 1.54) is 0 Å². The SMILES string of the molecule is CC(C)COCC(O)CNC(=O)C(C)c1cccs1. The van der Waals surface area contributed by atoms with Crippen LogP contribution in [0.4, 0.5) is 0 Å². The molecule has 0 spiro atoms. The summed E-state index contributed by atoms with van der Waals surface area (Å²) < 4.78 is 5.32. The smallest absolute Gasteiger partial charge is 0.228 e. The van der Waals surface area contributed by atoms with Gasteiger partial charge in [-0.25, -0.2) is 0 Å². The van der Waals surface area contributed by atoms with Crippen LogP contribution in [0.3, 0.4) is 0 Å². The highest BCUT2D eigenvalue weighted by molar-refractivity contribution is 7.10. The number of carbonyl (C=O) groups is 1. The fourth-order valence-corrected chi connectivity index (χ4v) is 2.32. The molecule has 1 heterocycles. The molecule has 0 aliphatic rings. The first-order chi connectivity index (χ1) is 9.00. The highest BCUT2D eigenvalue weighted by Gasteiger charge is 2.16. The number of thiophene rings is 1. The summed E-state index contributed by atoms with van der Waals surface area (Å²) in [6.07, 6.45) is -0.654. The molecule has 1 aromatic heterocycles. The third-order valence-electron chi connectivity index (χ3n) is 2.64. The topological polar surface area (TPSA) is 58.6 Å². The summed E-state index contributed by atoms with van der Waals surface area (Å²) in [6, 6.07) is 3.87. The van der Waals surface area contributed by atoms with Crippen LogP contribution in [0.15, 0.2) is 17.5 Å². The van der Waals surface area contributed by atoms with Gasteiger partial charge in [-0.05, 0) is 24.3 Å². The average Bonchev–Trinajstić information content (AvgIpc) is 2.88. The van der Waals surface area contributed by atoms with E-state index in [-0.39, 0.29) is 25.0 Å². The van der Waals surface area contributed by atoms with Crippen LogP contribution in [0.2, 0.25) is 0 Å². The second kappa shape index (κ2) is 8.30. The van der Waals surface area contributed by atoms with E-state index in [1.54, 1.807) is 11.3 Å². The highest BCUT2D eigenvalue weighted by atomic mass is 32.1. The molecule has 0 saturated carbocycles. The molecule has 0 radical (unpaired) electrons.